The average molecular weight is 476 g/mol. The highest BCUT2D eigenvalue weighted by atomic mass is 32.2. The molecule has 0 unspecified atom stereocenters. The van der Waals surface area contributed by atoms with Crippen molar-refractivity contribution in [3.05, 3.63) is 76.4 Å². The minimum Gasteiger partial charge on any atom is -0.441 e. The zero-order valence-electron chi connectivity index (χ0n) is 19.1. The Morgan fingerprint density at radius 2 is 1.85 bits per heavy atom. The topological polar surface area (TPSA) is 87.5 Å². The molecule has 5 rings (SSSR count). The van der Waals surface area contributed by atoms with Crippen LogP contribution in [0.5, 0.6) is 0 Å². The number of hydrogen-bond donors (Lipinski definition) is 0. The Balaban J connectivity index is 1.48. The number of ether oxygens (including phenoxy) is 1. The van der Waals surface area contributed by atoms with E-state index in [0.29, 0.717) is 47.7 Å². The van der Waals surface area contributed by atoms with E-state index in [1.807, 2.05) is 72.8 Å². The summed E-state index contributed by atoms with van der Waals surface area (Å²) in [7, 11) is 0. The van der Waals surface area contributed by atoms with Gasteiger partial charge in [0, 0.05) is 31.1 Å². The van der Waals surface area contributed by atoms with Gasteiger partial charge in [0.1, 0.15) is 5.76 Å². The monoisotopic (exact) mass is 475 g/mol. The Bertz CT molecular complexity index is 1490. The molecule has 5 aromatic rings. The number of aromatic nitrogens is 5. The molecule has 0 spiro atoms. The minimum atomic E-state index is -0.0663. The highest BCUT2D eigenvalue weighted by Crippen LogP contribution is 2.28. The number of para-hydroxylation sites is 1. The molecule has 9 heteroatoms. The Hall–Kier alpha value is -3.43. The molecule has 2 aromatic carbocycles. The third kappa shape index (κ3) is 4.24. The van der Waals surface area contributed by atoms with Crippen molar-refractivity contribution >= 4 is 28.4 Å². The lowest BCUT2D eigenvalue weighted by atomic mass is 10.2. The summed E-state index contributed by atoms with van der Waals surface area (Å²) in [5, 5.41) is 10.2. The lowest BCUT2D eigenvalue weighted by Crippen LogP contribution is -2.24. The van der Waals surface area contributed by atoms with Crippen LogP contribution < -0.4 is 5.56 Å². The van der Waals surface area contributed by atoms with E-state index in [-0.39, 0.29) is 5.56 Å². The molecule has 0 aliphatic rings. The third-order valence-electron chi connectivity index (χ3n) is 5.60. The first-order valence-electron chi connectivity index (χ1n) is 11.3. The van der Waals surface area contributed by atoms with Crippen molar-refractivity contribution in [2.45, 2.75) is 37.7 Å². The lowest BCUT2D eigenvalue weighted by molar-refractivity contribution is 0.141. The molecular weight excluding hydrogens is 450 g/mol. The van der Waals surface area contributed by atoms with E-state index in [4.69, 9.17) is 14.1 Å². The molecule has 0 bridgehead atoms. The van der Waals surface area contributed by atoms with Gasteiger partial charge in [0.25, 0.3) is 5.56 Å². The molecule has 34 heavy (non-hydrogen) atoms. The molecule has 0 saturated carbocycles. The smallest absolute Gasteiger partial charge is 0.262 e. The number of thioether (sulfide) groups is 1. The van der Waals surface area contributed by atoms with Crippen molar-refractivity contribution in [2.24, 2.45) is 0 Å². The van der Waals surface area contributed by atoms with Gasteiger partial charge in [-0.05, 0) is 44.5 Å². The van der Waals surface area contributed by atoms with E-state index < -0.39 is 0 Å². The maximum atomic E-state index is 13.2. The summed E-state index contributed by atoms with van der Waals surface area (Å²) in [6, 6.07) is 17.4. The summed E-state index contributed by atoms with van der Waals surface area (Å²) < 4.78 is 15.0. The Morgan fingerprint density at radius 3 is 2.68 bits per heavy atom. The molecule has 0 aliphatic carbocycles. The number of benzene rings is 2. The number of oxazole rings is 1. The highest BCUT2D eigenvalue weighted by Gasteiger charge is 2.18. The zero-order chi connectivity index (χ0) is 23.5. The maximum absolute atomic E-state index is 13.2. The largest absolute Gasteiger partial charge is 0.441 e. The van der Waals surface area contributed by atoms with Gasteiger partial charge >= 0.3 is 0 Å². The van der Waals surface area contributed by atoms with E-state index >= 15 is 0 Å². The van der Waals surface area contributed by atoms with Crippen LogP contribution in [0.3, 0.4) is 0 Å². The number of nitrogens with zero attached hydrogens (tertiary/aromatic N) is 5. The first-order valence-corrected chi connectivity index (χ1v) is 12.2. The third-order valence-corrected chi connectivity index (χ3v) is 6.54. The van der Waals surface area contributed by atoms with Crippen molar-refractivity contribution in [2.75, 3.05) is 13.2 Å². The second kappa shape index (κ2) is 9.82. The van der Waals surface area contributed by atoms with Crippen molar-refractivity contribution in [1.29, 1.82) is 0 Å². The molecule has 0 fully saturated rings. The van der Waals surface area contributed by atoms with E-state index in [2.05, 4.69) is 10.2 Å². The molecule has 3 aromatic heterocycles. The normalized spacial score (nSPS) is 11.6. The van der Waals surface area contributed by atoms with Gasteiger partial charge < -0.3 is 9.15 Å². The van der Waals surface area contributed by atoms with Crippen LogP contribution in [0, 0.1) is 6.92 Å². The Labute approximate surface area is 200 Å². The van der Waals surface area contributed by atoms with E-state index in [1.165, 1.54) is 11.8 Å². The van der Waals surface area contributed by atoms with Crippen LogP contribution in [0.4, 0.5) is 0 Å². The standard InChI is InChI=1S/C25H25N5O3S/c1-3-32-15-9-14-29-23(31)19-12-7-8-13-21(19)30-24(29)27-28-25(30)34-16-20-17(2)33-22(26-20)18-10-5-4-6-11-18/h4-8,10-13H,3,9,14-16H2,1-2H3. The summed E-state index contributed by atoms with van der Waals surface area (Å²) in [6.45, 7) is 5.64. The average Bonchev–Trinajstić information content (AvgIpc) is 3.46. The van der Waals surface area contributed by atoms with Gasteiger partial charge in [0.15, 0.2) is 5.16 Å². The van der Waals surface area contributed by atoms with Gasteiger partial charge in [0.2, 0.25) is 11.7 Å². The molecule has 174 valence electrons. The van der Waals surface area contributed by atoms with E-state index in [0.717, 1.165) is 29.0 Å². The zero-order valence-corrected chi connectivity index (χ0v) is 19.9. The highest BCUT2D eigenvalue weighted by molar-refractivity contribution is 7.98. The summed E-state index contributed by atoms with van der Waals surface area (Å²) in [5.41, 5.74) is 2.52. The number of aryl methyl sites for hydroxylation is 2. The summed E-state index contributed by atoms with van der Waals surface area (Å²) in [6.07, 6.45) is 0.720. The van der Waals surface area contributed by atoms with Gasteiger partial charge in [-0.3, -0.25) is 13.8 Å². The van der Waals surface area contributed by atoms with Crippen LogP contribution in [0.1, 0.15) is 24.8 Å². The molecule has 0 radical (unpaired) electrons. The van der Waals surface area contributed by atoms with Gasteiger partial charge in [-0.15, -0.1) is 10.2 Å². The maximum Gasteiger partial charge on any atom is 0.262 e. The number of hydrogen-bond acceptors (Lipinski definition) is 7. The first-order chi connectivity index (χ1) is 16.7. The SMILES string of the molecule is CCOCCCn1c(=O)c2ccccc2n2c(SCc3nc(-c4ccccc4)oc3C)nnc12. The van der Waals surface area contributed by atoms with Crippen molar-refractivity contribution in [1.82, 2.24) is 24.1 Å². The van der Waals surface area contributed by atoms with Gasteiger partial charge in [-0.2, -0.15) is 0 Å². The van der Waals surface area contributed by atoms with Crippen LogP contribution in [0.25, 0.3) is 28.1 Å². The van der Waals surface area contributed by atoms with Gasteiger partial charge in [-0.25, -0.2) is 4.98 Å². The Kier molecular flexibility index (Phi) is 6.46. The molecule has 0 saturated heterocycles. The summed E-state index contributed by atoms with van der Waals surface area (Å²) in [4.78, 5) is 17.9. The minimum absolute atomic E-state index is 0.0663. The van der Waals surface area contributed by atoms with E-state index in [1.54, 1.807) is 4.57 Å². The second-order valence-corrected chi connectivity index (χ2v) is 8.76. The Morgan fingerprint density at radius 1 is 1.06 bits per heavy atom. The van der Waals surface area contributed by atoms with E-state index in [9.17, 15) is 4.79 Å². The number of fused-ring (bicyclic) bond motifs is 3. The number of rotatable bonds is 9. The fourth-order valence-electron chi connectivity index (χ4n) is 3.90. The molecular formula is C25H25N5O3S. The molecule has 0 aliphatic heterocycles. The van der Waals surface area contributed by atoms with Gasteiger partial charge in [0.05, 0.1) is 16.6 Å². The predicted octanol–water partition coefficient (Wildman–Crippen LogP) is 4.73. The molecule has 0 amide bonds. The van der Waals surface area contributed by atoms with Crippen LogP contribution in [0.2, 0.25) is 0 Å². The fraction of sp³-hybridized carbons (Fsp3) is 0.280. The summed E-state index contributed by atoms with van der Waals surface area (Å²) in [5.74, 6) is 2.48. The lowest BCUT2D eigenvalue weighted by Gasteiger charge is -2.11. The molecule has 3 heterocycles. The van der Waals surface area contributed by atoms with Crippen molar-refractivity contribution in [3.8, 4) is 11.5 Å². The first kappa shape index (κ1) is 22.4. The molecule has 0 atom stereocenters. The van der Waals surface area contributed by atoms with Gasteiger partial charge in [-0.1, -0.05) is 42.1 Å². The summed E-state index contributed by atoms with van der Waals surface area (Å²) >= 11 is 1.52. The van der Waals surface area contributed by atoms with Crippen LogP contribution in [-0.2, 0) is 17.0 Å². The molecule has 0 N–H and O–H groups in total. The van der Waals surface area contributed by atoms with Crippen LogP contribution in [0.15, 0.2) is 69.0 Å². The fourth-order valence-corrected chi connectivity index (χ4v) is 4.84. The van der Waals surface area contributed by atoms with Crippen LogP contribution >= 0.6 is 11.8 Å². The van der Waals surface area contributed by atoms with Crippen LogP contribution in [-0.4, -0.2) is 37.4 Å². The predicted molar refractivity (Wildman–Crippen MR) is 132 cm³/mol. The molecule has 8 nitrogen and oxygen atoms in total. The van der Waals surface area contributed by atoms with Crippen molar-refractivity contribution < 1.29 is 9.15 Å². The van der Waals surface area contributed by atoms with Crippen molar-refractivity contribution in [3.63, 3.8) is 0 Å². The second-order valence-electron chi connectivity index (χ2n) is 7.82. The quantitative estimate of drug-likeness (QED) is 0.225.